The molecule has 2 atom stereocenters. The first-order valence-corrected chi connectivity index (χ1v) is 8.63. The Morgan fingerprint density at radius 3 is 2.58 bits per heavy atom. The molecule has 2 unspecified atom stereocenters. The summed E-state index contributed by atoms with van der Waals surface area (Å²) in [6.07, 6.45) is 12.8. The van der Waals surface area contributed by atoms with Gasteiger partial charge in [-0.1, -0.05) is 33.1 Å². The summed E-state index contributed by atoms with van der Waals surface area (Å²) in [5.41, 5.74) is 0. The van der Waals surface area contributed by atoms with Crippen LogP contribution in [0.2, 0.25) is 0 Å². The number of hydrogen-bond acceptors (Lipinski definition) is 2. The monoisotopic (exact) mass is 267 g/mol. The van der Waals surface area contributed by atoms with Crippen molar-refractivity contribution in [3.8, 4) is 0 Å². The molecule has 0 aromatic heterocycles. The van der Waals surface area contributed by atoms with E-state index in [0.717, 1.165) is 31.0 Å². The van der Waals surface area contributed by atoms with Gasteiger partial charge in [0.2, 0.25) is 0 Å². The van der Waals surface area contributed by atoms with Gasteiger partial charge in [-0.3, -0.25) is 0 Å². The minimum Gasteiger partial charge on any atom is -0.377 e. The third kappa shape index (κ3) is 5.43. The average Bonchev–Trinajstić information content (AvgIpc) is 2.46. The molecule has 112 valence electrons. The van der Waals surface area contributed by atoms with Crippen molar-refractivity contribution in [1.82, 2.24) is 5.32 Å². The van der Waals surface area contributed by atoms with Crippen molar-refractivity contribution in [2.75, 3.05) is 13.2 Å². The lowest BCUT2D eigenvalue weighted by Gasteiger charge is -2.29. The maximum absolute atomic E-state index is 6.06. The molecule has 2 saturated carbocycles. The van der Waals surface area contributed by atoms with E-state index in [0.29, 0.717) is 6.10 Å². The third-order valence-electron chi connectivity index (χ3n) is 5.22. The highest BCUT2D eigenvalue weighted by Crippen LogP contribution is 2.28. The Morgan fingerprint density at radius 1 is 1.05 bits per heavy atom. The number of ether oxygens (including phenoxy) is 1. The van der Waals surface area contributed by atoms with E-state index in [9.17, 15) is 0 Å². The maximum atomic E-state index is 6.06. The van der Waals surface area contributed by atoms with Gasteiger partial charge in [0, 0.05) is 12.6 Å². The van der Waals surface area contributed by atoms with Gasteiger partial charge in [0.1, 0.15) is 0 Å². The van der Waals surface area contributed by atoms with Crippen LogP contribution in [0.15, 0.2) is 0 Å². The second-order valence-electron chi connectivity index (χ2n) is 6.84. The molecule has 0 aliphatic heterocycles. The van der Waals surface area contributed by atoms with Crippen molar-refractivity contribution in [2.45, 2.75) is 83.8 Å². The van der Waals surface area contributed by atoms with Crippen LogP contribution >= 0.6 is 0 Å². The molecule has 2 fully saturated rings. The van der Waals surface area contributed by atoms with Crippen LogP contribution in [0.25, 0.3) is 0 Å². The van der Waals surface area contributed by atoms with Crippen LogP contribution in [0, 0.1) is 11.8 Å². The minimum atomic E-state index is 0.548. The van der Waals surface area contributed by atoms with Crippen molar-refractivity contribution < 1.29 is 4.74 Å². The van der Waals surface area contributed by atoms with Crippen LogP contribution < -0.4 is 5.32 Å². The fourth-order valence-corrected chi connectivity index (χ4v) is 3.72. The van der Waals surface area contributed by atoms with Gasteiger partial charge in [-0.25, -0.2) is 0 Å². The van der Waals surface area contributed by atoms with Gasteiger partial charge in [-0.05, 0) is 50.4 Å². The molecule has 0 radical (unpaired) electrons. The smallest absolute Gasteiger partial charge is 0.0594 e. The molecule has 0 amide bonds. The Hall–Kier alpha value is -0.0800. The normalized spacial score (nSPS) is 36.3. The highest BCUT2D eigenvalue weighted by Gasteiger charge is 2.21. The first-order valence-electron chi connectivity index (χ1n) is 8.63. The molecule has 0 spiro atoms. The van der Waals surface area contributed by atoms with E-state index >= 15 is 0 Å². The van der Waals surface area contributed by atoms with E-state index in [2.05, 4.69) is 19.2 Å². The van der Waals surface area contributed by atoms with Gasteiger partial charge < -0.3 is 10.1 Å². The van der Waals surface area contributed by atoms with Crippen molar-refractivity contribution >= 4 is 0 Å². The zero-order chi connectivity index (χ0) is 13.5. The molecule has 2 heteroatoms. The Morgan fingerprint density at radius 2 is 1.84 bits per heavy atom. The van der Waals surface area contributed by atoms with Crippen molar-refractivity contribution in [3.05, 3.63) is 0 Å². The maximum Gasteiger partial charge on any atom is 0.0594 e. The molecule has 2 aliphatic carbocycles. The van der Waals surface area contributed by atoms with E-state index in [1.54, 1.807) is 0 Å². The Bertz CT molecular complexity index is 235. The van der Waals surface area contributed by atoms with Crippen molar-refractivity contribution in [2.24, 2.45) is 11.8 Å². The first kappa shape index (κ1) is 15.3. The zero-order valence-corrected chi connectivity index (χ0v) is 13.0. The molecule has 0 aromatic rings. The lowest BCUT2D eigenvalue weighted by molar-refractivity contribution is 0.0130. The topological polar surface area (TPSA) is 21.3 Å². The summed E-state index contributed by atoms with van der Waals surface area (Å²) in [5, 5.41) is 3.68. The molecule has 2 rings (SSSR count). The number of rotatable bonds is 6. The van der Waals surface area contributed by atoms with Gasteiger partial charge in [0.15, 0.2) is 0 Å². The molecular weight excluding hydrogens is 234 g/mol. The summed E-state index contributed by atoms with van der Waals surface area (Å²) in [6.45, 7) is 6.66. The molecule has 0 saturated heterocycles. The van der Waals surface area contributed by atoms with Crippen LogP contribution in [-0.4, -0.2) is 25.3 Å². The van der Waals surface area contributed by atoms with Gasteiger partial charge in [0.25, 0.3) is 0 Å². The number of hydrogen-bond donors (Lipinski definition) is 1. The summed E-state index contributed by atoms with van der Waals surface area (Å²) in [4.78, 5) is 0. The fraction of sp³-hybridized carbons (Fsp3) is 1.00. The summed E-state index contributed by atoms with van der Waals surface area (Å²) in [5.74, 6) is 1.87. The Kier molecular flexibility index (Phi) is 6.66. The van der Waals surface area contributed by atoms with Crippen LogP contribution in [0.1, 0.15) is 71.6 Å². The molecule has 0 bridgehead atoms. The fourth-order valence-electron chi connectivity index (χ4n) is 3.72. The van der Waals surface area contributed by atoms with Crippen LogP contribution in [0.4, 0.5) is 0 Å². The van der Waals surface area contributed by atoms with Crippen molar-refractivity contribution in [3.63, 3.8) is 0 Å². The van der Waals surface area contributed by atoms with Crippen LogP contribution in [0.5, 0.6) is 0 Å². The van der Waals surface area contributed by atoms with Gasteiger partial charge >= 0.3 is 0 Å². The van der Waals surface area contributed by atoms with Crippen molar-refractivity contribution in [1.29, 1.82) is 0 Å². The summed E-state index contributed by atoms with van der Waals surface area (Å²) in [6, 6.07) is 0.759. The molecule has 0 heterocycles. The molecular formula is C17H33NO. The summed E-state index contributed by atoms with van der Waals surface area (Å²) in [7, 11) is 0. The lowest BCUT2D eigenvalue weighted by atomic mass is 9.85. The van der Waals surface area contributed by atoms with Gasteiger partial charge in [0.05, 0.1) is 12.7 Å². The van der Waals surface area contributed by atoms with E-state index in [-0.39, 0.29) is 0 Å². The minimum absolute atomic E-state index is 0.548. The molecule has 0 aromatic carbocycles. The molecule has 19 heavy (non-hydrogen) atoms. The predicted octanol–water partition coefficient (Wildman–Crippen LogP) is 4.14. The quantitative estimate of drug-likeness (QED) is 0.730. The van der Waals surface area contributed by atoms with E-state index in [1.807, 2.05) is 0 Å². The van der Waals surface area contributed by atoms with Gasteiger partial charge in [-0.15, -0.1) is 0 Å². The van der Waals surface area contributed by atoms with E-state index < -0.39 is 0 Å². The van der Waals surface area contributed by atoms with Gasteiger partial charge in [-0.2, -0.15) is 0 Å². The largest absolute Gasteiger partial charge is 0.377 e. The second kappa shape index (κ2) is 8.26. The van der Waals surface area contributed by atoms with Crippen LogP contribution in [-0.2, 0) is 4.74 Å². The zero-order valence-electron chi connectivity index (χ0n) is 13.0. The Balaban J connectivity index is 1.52. The summed E-state index contributed by atoms with van der Waals surface area (Å²) < 4.78 is 6.06. The van der Waals surface area contributed by atoms with E-state index in [1.165, 1.54) is 57.8 Å². The first-order chi connectivity index (χ1) is 9.28. The lowest BCUT2D eigenvalue weighted by Crippen LogP contribution is -2.36. The van der Waals surface area contributed by atoms with E-state index in [4.69, 9.17) is 4.74 Å². The average molecular weight is 267 g/mol. The second-order valence-corrected chi connectivity index (χ2v) is 6.84. The van der Waals surface area contributed by atoms with Crippen LogP contribution in [0.3, 0.4) is 0 Å². The SMILES string of the molecule is CCC1CCCC(OCCNC2CCC(C)CC2)C1. The molecule has 1 N–H and O–H groups in total. The predicted molar refractivity (Wildman–Crippen MR) is 81.4 cm³/mol. The molecule has 2 aliphatic rings. The summed E-state index contributed by atoms with van der Waals surface area (Å²) >= 11 is 0. The Labute approximate surface area is 119 Å². The molecule has 2 nitrogen and oxygen atoms in total. The third-order valence-corrected chi connectivity index (χ3v) is 5.22. The number of nitrogens with one attached hydrogen (secondary N) is 1. The highest BCUT2D eigenvalue weighted by molar-refractivity contribution is 4.76. The highest BCUT2D eigenvalue weighted by atomic mass is 16.5. The standard InChI is InChI=1S/C17H33NO/c1-3-15-5-4-6-17(13-15)19-12-11-18-16-9-7-14(2)8-10-16/h14-18H,3-13H2,1-2H3.